The Bertz CT molecular complexity index is 718. The maximum Gasteiger partial charge on any atom is 0.305 e. The number of methoxy groups -OCH3 is 3. The van der Waals surface area contributed by atoms with Crippen molar-refractivity contribution in [3.63, 3.8) is 0 Å². The summed E-state index contributed by atoms with van der Waals surface area (Å²) >= 11 is 1.15. The van der Waals surface area contributed by atoms with Crippen molar-refractivity contribution in [3.05, 3.63) is 17.0 Å². The highest BCUT2D eigenvalue weighted by molar-refractivity contribution is 7.21. The molecule has 2 aromatic rings. The lowest BCUT2D eigenvalue weighted by Crippen LogP contribution is -2.04. The van der Waals surface area contributed by atoms with Gasteiger partial charge in [-0.3, -0.25) is 9.59 Å². The number of fused-ring (bicyclic) bond motifs is 1. The zero-order valence-corrected chi connectivity index (χ0v) is 13.3. The normalized spacial score (nSPS) is 10.5. The highest BCUT2D eigenvalue weighted by atomic mass is 32.1. The van der Waals surface area contributed by atoms with Crippen molar-refractivity contribution in [1.82, 2.24) is 0 Å². The molecule has 0 aliphatic heterocycles. The van der Waals surface area contributed by atoms with E-state index in [0.717, 1.165) is 11.3 Å². The van der Waals surface area contributed by atoms with Gasteiger partial charge in [-0.05, 0) is 6.07 Å². The molecule has 118 valence electrons. The first-order valence-corrected chi connectivity index (χ1v) is 7.31. The van der Waals surface area contributed by atoms with Gasteiger partial charge in [-0.2, -0.15) is 0 Å². The molecule has 1 aromatic carbocycles. The van der Waals surface area contributed by atoms with E-state index in [4.69, 9.17) is 9.47 Å². The molecule has 22 heavy (non-hydrogen) atoms. The molecule has 1 aromatic heterocycles. The van der Waals surface area contributed by atoms with Crippen LogP contribution in [0.2, 0.25) is 0 Å². The van der Waals surface area contributed by atoms with Gasteiger partial charge in [0.25, 0.3) is 0 Å². The fourth-order valence-electron chi connectivity index (χ4n) is 2.03. The maximum atomic E-state index is 12.1. The van der Waals surface area contributed by atoms with E-state index in [9.17, 15) is 14.7 Å². The van der Waals surface area contributed by atoms with E-state index in [1.165, 1.54) is 21.3 Å². The second-order valence-electron chi connectivity index (χ2n) is 4.48. The van der Waals surface area contributed by atoms with E-state index in [1.807, 2.05) is 0 Å². The Morgan fingerprint density at radius 1 is 1.09 bits per heavy atom. The van der Waals surface area contributed by atoms with Gasteiger partial charge in [-0.25, -0.2) is 0 Å². The lowest BCUT2D eigenvalue weighted by Gasteiger charge is -2.06. The molecule has 0 radical (unpaired) electrons. The Balaban J connectivity index is 2.37. The number of Topliss-reactive ketones (excluding diaryl/α,β-unsaturated/α-hetero) is 1. The molecule has 1 N–H and O–H groups in total. The Hall–Kier alpha value is -2.28. The van der Waals surface area contributed by atoms with Gasteiger partial charge in [0, 0.05) is 22.6 Å². The van der Waals surface area contributed by atoms with Crippen molar-refractivity contribution in [2.75, 3.05) is 21.3 Å². The summed E-state index contributed by atoms with van der Waals surface area (Å²) in [6.45, 7) is 0. The highest BCUT2D eigenvalue weighted by Crippen LogP contribution is 2.43. The van der Waals surface area contributed by atoms with Gasteiger partial charge in [0.1, 0.15) is 10.6 Å². The number of hydrogen-bond acceptors (Lipinski definition) is 7. The summed E-state index contributed by atoms with van der Waals surface area (Å²) < 4.78 is 15.6. The fourth-order valence-corrected chi connectivity index (χ4v) is 3.10. The van der Waals surface area contributed by atoms with Crippen molar-refractivity contribution in [3.8, 4) is 17.2 Å². The number of carbonyl (C=O) groups excluding carboxylic acids is 2. The second kappa shape index (κ2) is 6.65. The molecule has 0 spiro atoms. The van der Waals surface area contributed by atoms with Crippen molar-refractivity contribution in [2.24, 2.45) is 0 Å². The van der Waals surface area contributed by atoms with Crippen LogP contribution in [0.4, 0.5) is 0 Å². The number of esters is 1. The predicted octanol–water partition coefficient (Wildman–Crippen LogP) is 2.76. The average Bonchev–Trinajstić information content (AvgIpc) is 2.87. The molecular formula is C15H16O6S. The Kier molecular flexibility index (Phi) is 4.87. The minimum atomic E-state index is -0.461. The number of aromatic hydroxyl groups is 1. The summed E-state index contributed by atoms with van der Waals surface area (Å²) in [6.07, 6.45) is -0.0308. The lowest BCUT2D eigenvalue weighted by molar-refractivity contribution is -0.140. The predicted molar refractivity (Wildman–Crippen MR) is 82.2 cm³/mol. The molecule has 0 atom stereocenters. The van der Waals surface area contributed by atoms with Gasteiger partial charge in [-0.15, -0.1) is 11.3 Å². The Morgan fingerprint density at radius 3 is 2.32 bits per heavy atom. The molecule has 0 amide bonds. The van der Waals surface area contributed by atoms with Gasteiger partial charge >= 0.3 is 5.97 Å². The summed E-state index contributed by atoms with van der Waals surface area (Å²) in [7, 11) is 4.28. The van der Waals surface area contributed by atoms with E-state index in [1.54, 1.807) is 12.1 Å². The molecule has 0 saturated carbocycles. The van der Waals surface area contributed by atoms with Crippen molar-refractivity contribution < 1.29 is 28.9 Å². The van der Waals surface area contributed by atoms with Crippen LogP contribution < -0.4 is 9.47 Å². The fraction of sp³-hybridized carbons (Fsp3) is 0.333. The van der Waals surface area contributed by atoms with Crippen molar-refractivity contribution >= 4 is 33.2 Å². The van der Waals surface area contributed by atoms with Gasteiger partial charge in [0.2, 0.25) is 0 Å². The number of hydrogen-bond donors (Lipinski definition) is 1. The van der Waals surface area contributed by atoms with E-state index in [2.05, 4.69) is 4.74 Å². The summed E-state index contributed by atoms with van der Waals surface area (Å²) in [6, 6.07) is 3.33. The highest BCUT2D eigenvalue weighted by Gasteiger charge is 2.20. The third-order valence-corrected chi connectivity index (χ3v) is 4.39. The standard InChI is InChI=1S/C15H16O6S/c1-19-10-6-8-12(7-11(10)20-2)22-15(14(8)18)9(16)4-5-13(17)21-3/h6-7,18H,4-5H2,1-3H3. The SMILES string of the molecule is COC(=O)CCC(=O)c1sc2cc(OC)c(OC)cc2c1O. The lowest BCUT2D eigenvalue weighted by atomic mass is 10.1. The summed E-state index contributed by atoms with van der Waals surface area (Å²) in [4.78, 5) is 23.5. The molecule has 0 fully saturated rings. The molecule has 7 heteroatoms. The molecule has 2 rings (SSSR count). The zero-order valence-electron chi connectivity index (χ0n) is 12.5. The third kappa shape index (κ3) is 2.99. The van der Waals surface area contributed by atoms with Crippen LogP contribution in [0, 0.1) is 0 Å². The number of ketones is 1. The van der Waals surface area contributed by atoms with Crippen LogP contribution in [0.1, 0.15) is 22.5 Å². The first-order valence-electron chi connectivity index (χ1n) is 6.49. The number of benzene rings is 1. The first kappa shape index (κ1) is 16.1. The van der Waals surface area contributed by atoms with E-state index in [-0.39, 0.29) is 29.3 Å². The van der Waals surface area contributed by atoms with E-state index >= 15 is 0 Å². The monoisotopic (exact) mass is 324 g/mol. The van der Waals surface area contributed by atoms with Crippen LogP contribution in [0.5, 0.6) is 17.2 Å². The largest absolute Gasteiger partial charge is 0.506 e. The molecule has 0 aliphatic rings. The van der Waals surface area contributed by atoms with Crippen molar-refractivity contribution in [1.29, 1.82) is 0 Å². The summed E-state index contributed by atoms with van der Waals surface area (Å²) in [5.74, 6) is 0.122. The maximum absolute atomic E-state index is 12.1. The third-order valence-electron chi connectivity index (χ3n) is 3.21. The van der Waals surface area contributed by atoms with Crippen LogP contribution in [-0.2, 0) is 9.53 Å². The molecule has 0 saturated heterocycles. The van der Waals surface area contributed by atoms with E-state index in [0.29, 0.717) is 21.6 Å². The van der Waals surface area contributed by atoms with E-state index < -0.39 is 5.97 Å². The minimum Gasteiger partial charge on any atom is -0.506 e. The van der Waals surface area contributed by atoms with Gasteiger partial charge in [-0.1, -0.05) is 0 Å². The molecular weight excluding hydrogens is 308 g/mol. The average molecular weight is 324 g/mol. The molecule has 0 unspecified atom stereocenters. The van der Waals surface area contributed by atoms with Gasteiger partial charge < -0.3 is 19.3 Å². The smallest absolute Gasteiger partial charge is 0.305 e. The Morgan fingerprint density at radius 2 is 1.73 bits per heavy atom. The summed E-state index contributed by atoms with van der Waals surface area (Å²) in [5, 5.41) is 10.8. The molecule has 1 heterocycles. The van der Waals surface area contributed by atoms with Gasteiger partial charge in [0.15, 0.2) is 17.3 Å². The molecule has 6 nitrogen and oxygen atoms in total. The summed E-state index contributed by atoms with van der Waals surface area (Å²) in [5.41, 5.74) is 0. The molecule has 0 bridgehead atoms. The number of carbonyl (C=O) groups is 2. The van der Waals surface area contributed by atoms with Crippen LogP contribution in [-0.4, -0.2) is 38.2 Å². The van der Waals surface area contributed by atoms with Gasteiger partial charge in [0.05, 0.1) is 27.8 Å². The second-order valence-corrected chi connectivity index (χ2v) is 5.53. The first-order chi connectivity index (χ1) is 10.5. The van der Waals surface area contributed by atoms with Crippen LogP contribution in [0.25, 0.3) is 10.1 Å². The van der Waals surface area contributed by atoms with Crippen LogP contribution in [0.3, 0.4) is 0 Å². The number of thiophene rings is 1. The zero-order chi connectivity index (χ0) is 16.3. The topological polar surface area (TPSA) is 82.1 Å². The number of ether oxygens (including phenoxy) is 3. The minimum absolute atomic E-state index is 0.0126. The Labute approximate surface area is 131 Å². The van der Waals surface area contributed by atoms with Crippen molar-refractivity contribution in [2.45, 2.75) is 12.8 Å². The quantitative estimate of drug-likeness (QED) is 0.650. The van der Waals surface area contributed by atoms with Crippen LogP contribution >= 0.6 is 11.3 Å². The number of rotatable bonds is 6. The molecule has 0 aliphatic carbocycles. The van der Waals surface area contributed by atoms with Crippen LogP contribution in [0.15, 0.2) is 12.1 Å².